The highest BCUT2D eigenvalue weighted by Crippen LogP contribution is 2.36. The standard InChI is InChI=1S/C9H18O2/c1-2-9(3-6-10)4-7-11-8-5-9/h10H,2-8H2,1H3. The fraction of sp³-hybridized carbons (Fsp3) is 1.00. The highest BCUT2D eigenvalue weighted by atomic mass is 16.5. The molecule has 1 aliphatic heterocycles. The quantitative estimate of drug-likeness (QED) is 0.675. The van der Waals surface area contributed by atoms with Gasteiger partial charge in [0.1, 0.15) is 0 Å². The van der Waals surface area contributed by atoms with Gasteiger partial charge >= 0.3 is 0 Å². The van der Waals surface area contributed by atoms with E-state index in [1.54, 1.807) is 0 Å². The fourth-order valence-corrected chi connectivity index (χ4v) is 1.82. The smallest absolute Gasteiger partial charge is 0.0471 e. The van der Waals surface area contributed by atoms with Crippen LogP contribution in [0.25, 0.3) is 0 Å². The first-order valence-electron chi connectivity index (χ1n) is 4.51. The van der Waals surface area contributed by atoms with E-state index in [1.165, 1.54) is 6.42 Å². The summed E-state index contributed by atoms with van der Waals surface area (Å²) < 4.78 is 5.29. The van der Waals surface area contributed by atoms with Crippen molar-refractivity contribution in [2.45, 2.75) is 32.6 Å². The molecule has 1 N–H and O–H groups in total. The SMILES string of the molecule is CCC1(CCO)CCOCC1. The molecule has 0 amide bonds. The van der Waals surface area contributed by atoms with E-state index in [1.807, 2.05) is 0 Å². The maximum atomic E-state index is 8.87. The van der Waals surface area contributed by atoms with Crippen molar-refractivity contribution in [2.24, 2.45) is 5.41 Å². The van der Waals surface area contributed by atoms with Gasteiger partial charge < -0.3 is 9.84 Å². The van der Waals surface area contributed by atoms with Crippen molar-refractivity contribution in [3.63, 3.8) is 0 Å². The molecule has 1 aliphatic rings. The summed E-state index contributed by atoms with van der Waals surface area (Å²) in [7, 11) is 0. The number of aliphatic hydroxyl groups is 1. The molecule has 0 bridgehead atoms. The normalized spacial score (nSPS) is 23.5. The summed E-state index contributed by atoms with van der Waals surface area (Å²) in [6, 6.07) is 0. The second kappa shape index (κ2) is 4.07. The van der Waals surface area contributed by atoms with Crippen molar-refractivity contribution in [3.8, 4) is 0 Å². The van der Waals surface area contributed by atoms with E-state index in [0.29, 0.717) is 12.0 Å². The minimum Gasteiger partial charge on any atom is -0.396 e. The second-order valence-corrected chi connectivity index (χ2v) is 3.44. The van der Waals surface area contributed by atoms with E-state index in [2.05, 4.69) is 6.92 Å². The number of ether oxygens (including phenoxy) is 1. The Hall–Kier alpha value is -0.0800. The molecule has 0 atom stereocenters. The van der Waals surface area contributed by atoms with E-state index < -0.39 is 0 Å². The van der Waals surface area contributed by atoms with Crippen molar-refractivity contribution in [1.82, 2.24) is 0 Å². The molecule has 1 heterocycles. The minimum absolute atomic E-state index is 0.327. The Kier molecular flexibility index (Phi) is 3.34. The van der Waals surface area contributed by atoms with E-state index in [9.17, 15) is 0 Å². The zero-order chi connectivity index (χ0) is 8.16. The van der Waals surface area contributed by atoms with Gasteiger partial charge in [-0.05, 0) is 24.7 Å². The van der Waals surface area contributed by atoms with E-state index in [0.717, 1.165) is 32.5 Å². The van der Waals surface area contributed by atoms with Gasteiger partial charge in [-0.15, -0.1) is 0 Å². The Labute approximate surface area is 68.6 Å². The summed E-state index contributed by atoms with van der Waals surface area (Å²) in [4.78, 5) is 0. The molecule has 0 radical (unpaired) electrons. The van der Waals surface area contributed by atoms with Crippen LogP contribution in [0.5, 0.6) is 0 Å². The van der Waals surface area contributed by atoms with Gasteiger partial charge in [-0.3, -0.25) is 0 Å². The van der Waals surface area contributed by atoms with E-state index >= 15 is 0 Å². The van der Waals surface area contributed by atoms with Crippen LogP contribution in [-0.4, -0.2) is 24.9 Å². The Morgan fingerprint density at radius 2 is 2.00 bits per heavy atom. The first-order valence-corrected chi connectivity index (χ1v) is 4.51. The van der Waals surface area contributed by atoms with Crippen molar-refractivity contribution in [1.29, 1.82) is 0 Å². The van der Waals surface area contributed by atoms with Gasteiger partial charge in [0, 0.05) is 19.8 Å². The minimum atomic E-state index is 0.327. The molecule has 0 spiro atoms. The van der Waals surface area contributed by atoms with Gasteiger partial charge in [-0.25, -0.2) is 0 Å². The van der Waals surface area contributed by atoms with Crippen LogP contribution in [0.4, 0.5) is 0 Å². The molecule has 0 aromatic heterocycles. The average molecular weight is 158 g/mol. The highest BCUT2D eigenvalue weighted by molar-refractivity contribution is 4.79. The summed E-state index contributed by atoms with van der Waals surface area (Å²) in [6.07, 6.45) is 4.39. The molecule has 0 aromatic carbocycles. The van der Waals surface area contributed by atoms with Gasteiger partial charge in [0.05, 0.1) is 0 Å². The molecular formula is C9H18O2. The van der Waals surface area contributed by atoms with Crippen molar-refractivity contribution < 1.29 is 9.84 Å². The zero-order valence-electron chi connectivity index (χ0n) is 7.31. The maximum absolute atomic E-state index is 8.87. The summed E-state index contributed by atoms with van der Waals surface area (Å²) >= 11 is 0. The molecule has 1 saturated heterocycles. The van der Waals surface area contributed by atoms with Gasteiger partial charge in [-0.2, -0.15) is 0 Å². The van der Waals surface area contributed by atoms with Gasteiger partial charge in [0.15, 0.2) is 0 Å². The van der Waals surface area contributed by atoms with Crippen LogP contribution in [-0.2, 0) is 4.74 Å². The lowest BCUT2D eigenvalue weighted by atomic mass is 9.75. The Morgan fingerprint density at radius 3 is 2.45 bits per heavy atom. The lowest BCUT2D eigenvalue weighted by Crippen LogP contribution is -2.29. The summed E-state index contributed by atoms with van der Waals surface area (Å²) in [6.45, 7) is 4.30. The van der Waals surface area contributed by atoms with E-state index in [4.69, 9.17) is 9.84 Å². The largest absolute Gasteiger partial charge is 0.396 e. The summed E-state index contributed by atoms with van der Waals surface area (Å²) in [5, 5.41) is 8.87. The molecule has 1 rings (SSSR count). The van der Waals surface area contributed by atoms with Crippen LogP contribution >= 0.6 is 0 Å². The second-order valence-electron chi connectivity index (χ2n) is 3.44. The van der Waals surface area contributed by atoms with Crippen LogP contribution in [0, 0.1) is 5.41 Å². The van der Waals surface area contributed by atoms with Crippen LogP contribution < -0.4 is 0 Å². The third-order valence-corrected chi connectivity index (χ3v) is 2.95. The first kappa shape index (κ1) is 9.01. The third kappa shape index (κ3) is 2.17. The molecule has 66 valence electrons. The molecule has 0 aliphatic carbocycles. The molecule has 11 heavy (non-hydrogen) atoms. The monoisotopic (exact) mass is 158 g/mol. The number of aliphatic hydroxyl groups excluding tert-OH is 1. The van der Waals surface area contributed by atoms with Crippen LogP contribution in [0.15, 0.2) is 0 Å². The first-order chi connectivity index (χ1) is 5.33. The van der Waals surface area contributed by atoms with E-state index in [-0.39, 0.29) is 0 Å². The number of hydrogen-bond donors (Lipinski definition) is 1. The third-order valence-electron chi connectivity index (χ3n) is 2.95. The van der Waals surface area contributed by atoms with Gasteiger partial charge in [0.25, 0.3) is 0 Å². The van der Waals surface area contributed by atoms with Gasteiger partial charge in [-0.1, -0.05) is 13.3 Å². The van der Waals surface area contributed by atoms with Crippen molar-refractivity contribution in [3.05, 3.63) is 0 Å². The van der Waals surface area contributed by atoms with Crippen LogP contribution in [0.2, 0.25) is 0 Å². The predicted octanol–water partition coefficient (Wildman–Crippen LogP) is 1.58. The number of rotatable bonds is 3. The lowest BCUT2D eigenvalue weighted by molar-refractivity contribution is 0.000153. The molecule has 2 nitrogen and oxygen atoms in total. The van der Waals surface area contributed by atoms with Gasteiger partial charge in [0.2, 0.25) is 0 Å². The Bertz CT molecular complexity index is 101. The Balaban J connectivity index is 2.42. The average Bonchev–Trinajstić information content (AvgIpc) is 2.07. The molecule has 0 unspecified atom stereocenters. The molecular weight excluding hydrogens is 140 g/mol. The molecule has 1 fully saturated rings. The molecule has 0 aromatic rings. The van der Waals surface area contributed by atoms with Crippen molar-refractivity contribution in [2.75, 3.05) is 19.8 Å². The molecule has 0 saturated carbocycles. The van der Waals surface area contributed by atoms with Crippen molar-refractivity contribution >= 4 is 0 Å². The molecule has 2 heteroatoms. The van der Waals surface area contributed by atoms with Crippen LogP contribution in [0.1, 0.15) is 32.6 Å². The fourth-order valence-electron chi connectivity index (χ4n) is 1.82. The summed E-state index contributed by atoms with van der Waals surface area (Å²) in [5.74, 6) is 0. The predicted molar refractivity (Wildman–Crippen MR) is 44.5 cm³/mol. The topological polar surface area (TPSA) is 29.5 Å². The highest BCUT2D eigenvalue weighted by Gasteiger charge is 2.29. The summed E-state index contributed by atoms with van der Waals surface area (Å²) in [5.41, 5.74) is 0.396. The zero-order valence-corrected chi connectivity index (χ0v) is 7.31. The maximum Gasteiger partial charge on any atom is 0.0471 e. The van der Waals surface area contributed by atoms with Crippen LogP contribution in [0.3, 0.4) is 0 Å². The Morgan fingerprint density at radius 1 is 1.36 bits per heavy atom. The lowest BCUT2D eigenvalue weighted by Gasteiger charge is -2.35. The number of hydrogen-bond acceptors (Lipinski definition) is 2.